The van der Waals surface area contributed by atoms with E-state index in [2.05, 4.69) is 47.8 Å². The maximum Gasteiger partial charge on any atom is 0.330 e. The summed E-state index contributed by atoms with van der Waals surface area (Å²) in [7, 11) is 1.42. The molecule has 0 amide bonds. The summed E-state index contributed by atoms with van der Waals surface area (Å²) in [6.07, 6.45) is 9.92. The Morgan fingerprint density at radius 3 is 2.77 bits per heavy atom. The molecule has 1 aliphatic carbocycles. The van der Waals surface area contributed by atoms with Crippen LogP contribution in [0.25, 0.3) is 0 Å². The molecule has 0 spiro atoms. The van der Waals surface area contributed by atoms with Gasteiger partial charge in [0, 0.05) is 22.9 Å². The van der Waals surface area contributed by atoms with Gasteiger partial charge in [-0.2, -0.15) is 0 Å². The molecular formula is C26H31NO3. The van der Waals surface area contributed by atoms with Crippen molar-refractivity contribution < 1.29 is 14.6 Å². The molecule has 3 atom stereocenters. The number of carbonyl (C=O) groups is 1. The number of aromatic hydroxyl groups is 1. The van der Waals surface area contributed by atoms with E-state index in [1.54, 1.807) is 12.1 Å². The Bertz CT molecular complexity index is 896. The van der Waals surface area contributed by atoms with E-state index in [4.69, 9.17) is 4.74 Å². The Morgan fingerprint density at radius 1 is 1.17 bits per heavy atom. The minimum absolute atomic E-state index is 0.0810. The average molecular weight is 406 g/mol. The van der Waals surface area contributed by atoms with Crippen molar-refractivity contribution in [2.75, 3.05) is 13.7 Å². The van der Waals surface area contributed by atoms with Crippen molar-refractivity contribution in [3.8, 4) is 5.75 Å². The van der Waals surface area contributed by atoms with E-state index in [9.17, 15) is 9.90 Å². The highest BCUT2D eigenvalue weighted by atomic mass is 16.5. The fourth-order valence-corrected chi connectivity index (χ4v) is 5.85. The summed E-state index contributed by atoms with van der Waals surface area (Å²) in [6.45, 7) is 0.938. The zero-order valence-electron chi connectivity index (χ0n) is 17.6. The smallest absolute Gasteiger partial charge is 0.330 e. The van der Waals surface area contributed by atoms with Crippen molar-refractivity contribution in [2.45, 2.75) is 49.5 Å². The number of nitrogens with one attached hydrogen (secondary N) is 1. The molecule has 2 aromatic carbocycles. The number of benzene rings is 2. The van der Waals surface area contributed by atoms with Crippen molar-refractivity contribution in [1.29, 1.82) is 0 Å². The summed E-state index contributed by atoms with van der Waals surface area (Å²) in [5, 5.41) is 14.1. The minimum atomic E-state index is -0.317. The monoisotopic (exact) mass is 405 g/mol. The maximum absolute atomic E-state index is 12.0. The quantitative estimate of drug-likeness (QED) is 0.548. The van der Waals surface area contributed by atoms with Crippen LogP contribution in [0.1, 0.15) is 43.2 Å². The third-order valence-corrected chi connectivity index (χ3v) is 7.23. The number of aryl methyl sites for hydroxylation is 1. The molecule has 1 heterocycles. The molecule has 2 aromatic rings. The molecule has 30 heavy (non-hydrogen) atoms. The Hall–Kier alpha value is -2.59. The number of esters is 1. The number of phenols is 1. The van der Waals surface area contributed by atoms with E-state index in [1.165, 1.54) is 18.2 Å². The lowest BCUT2D eigenvalue weighted by Crippen LogP contribution is -2.65. The van der Waals surface area contributed by atoms with Gasteiger partial charge in [0.2, 0.25) is 0 Å². The summed E-state index contributed by atoms with van der Waals surface area (Å²) >= 11 is 0. The van der Waals surface area contributed by atoms with E-state index in [1.807, 2.05) is 12.1 Å². The standard InChI is InChI=1S/C26H31NO3/c1-30-24(29)12-11-23-25(21-9-5-10-22(28)19-21)14-6-15-26(23,27-18-17-25)16-13-20-7-3-2-4-8-20/h2-5,7-12,19,23,27-28H,6,13-18H2,1H3/b12-11+/t23-,25+,26+/m1/s1. The number of fused-ring (bicyclic) bond motifs is 2. The van der Waals surface area contributed by atoms with Crippen LogP contribution in [0, 0.1) is 5.92 Å². The van der Waals surface area contributed by atoms with E-state index in [-0.39, 0.29) is 22.8 Å². The Morgan fingerprint density at radius 2 is 2.00 bits per heavy atom. The number of piperidine rings is 1. The lowest BCUT2D eigenvalue weighted by molar-refractivity contribution is -0.134. The van der Waals surface area contributed by atoms with Crippen molar-refractivity contribution in [1.82, 2.24) is 5.32 Å². The third kappa shape index (κ3) is 3.89. The van der Waals surface area contributed by atoms with Crippen LogP contribution in [0.5, 0.6) is 5.75 Å². The topological polar surface area (TPSA) is 58.6 Å². The molecule has 2 fully saturated rings. The molecule has 158 valence electrons. The Labute approximate surface area is 179 Å². The first kappa shape index (κ1) is 20.7. The van der Waals surface area contributed by atoms with E-state index in [0.717, 1.165) is 45.1 Å². The fourth-order valence-electron chi connectivity index (χ4n) is 5.85. The lowest BCUT2D eigenvalue weighted by atomic mass is 9.51. The average Bonchev–Trinajstić information content (AvgIpc) is 2.76. The van der Waals surface area contributed by atoms with Crippen molar-refractivity contribution >= 4 is 5.97 Å². The predicted octanol–water partition coefficient (Wildman–Crippen LogP) is 4.52. The van der Waals surface area contributed by atoms with Gasteiger partial charge in [-0.05, 0) is 61.9 Å². The normalized spacial score (nSPS) is 28.4. The molecule has 4 nitrogen and oxygen atoms in total. The first-order valence-electron chi connectivity index (χ1n) is 10.9. The molecule has 1 aliphatic heterocycles. The zero-order valence-corrected chi connectivity index (χ0v) is 17.6. The molecule has 0 aromatic heterocycles. The summed E-state index contributed by atoms with van der Waals surface area (Å²) in [5.74, 6) is 0.136. The summed E-state index contributed by atoms with van der Waals surface area (Å²) in [4.78, 5) is 12.0. The molecule has 4 rings (SSSR count). The van der Waals surface area contributed by atoms with Crippen LogP contribution in [0.15, 0.2) is 66.7 Å². The van der Waals surface area contributed by atoms with Crippen LogP contribution in [0.2, 0.25) is 0 Å². The second kappa shape index (κ2) is 8.65. The van der Waals surface area contributed by atoms with E-state index >= 15 is 0 Å². The van der Waals surface area contributed by atoms with Crippen molar-refractivity contribution in [3.05, 3.63) is 77.9 Å². The number of phenolic OH excluding ortho intramolecular Hbond substituents is 1. The first-order valence-corrected chi connectivity index (χ1v) is 10.9. The Kier molecular flexibility index (Phi) is 5.96. The first-order chi connectivity index (χ1) is 14.6. The van der Waals surface area contributed by atoms with Crippen molar-refractivity contribution in [2.24, 2.45) is 5.92 Å². The minimum Gasteiger partial charge on any atom is -0.508 e. The largest absolute Gasteiger partial charge is 0.508 e. The van der Waals surface area contributed by atoms with Gasteiger partial charge in [0.15, 0.2) is 0 Å². The molecule has 1 saturated carbocycles. The SMILES string of the molecule is COC(=O)/C=C/[C@H]1[C@@]2(CCc3ccccc3)CCC[C@@]1(c1cccc(O)c1)CCN2. The van der Waals surface area contributed by atoms with Gasteiger partial charge in [0.1, 0.15) is 5.75 Å². The number of hydrogen-bond donors (Lipinski definition) is 2. The van der Waals surface area contributed by atoms with Gasteiger partial charge in [-0.1, -0.05) is 55.0 Å². The highest BCUT2D eigenvalue weighted by Gasteiger charge is 2.55. The van der Waals surface area contributed by atoms with Crippen LogP contribution in [0.3, 0.4) is 0 Å². The molecule has 2 bridgehead atoms. The molecule has 4 heteroatoms. The van der Waals surface area contributed by atoms with Crippen LogP contribution < -0.4 is 5.32 Å². The fraction of sp³-hybridized carbons (Fsp3) is 0.423. The van der Waals surface area contributed by atoms with Crippen LogP contribution in [-0.2, 0) is 21.4 Å². The maximum atomic E-state index is 12.0. The van der Waals surface area contributed by atoms with Gasteiger partial charge in [-0.25, -0.2) is 4.79 Å². The van der Waals surface area contributed by atoms with Gasteiger partial charge in [-0.15, -0.1) is 0 Å². The van der Waals surface area contributed by atoms with Gasteiger partial charge in [0.25, 0.3) is 0 Å². The van der Waals surface area contributed by atoms with Gasteiger partial charge < -0.3 is 15.2 Å². The molecule has 2 aliphatic rings. The van der Waals surface area contributed by atoms with Crippen LogP contribution in [-0.4, -0.2) is 30.3 Å². The molecular weight excluding hydrogens is 374 g/mol. The van der Waals surface area contributed by atoms with Crippen molar-refractivity contribution in [3.63, 3.8) is 0 Å². The zero-order chi connectivity index (χ0) is 21.0. The van der Waals surface area contributed by atoms with E-state index < -0.39 is 0 Å². The molecule has 2 N–H and O–H groups in total. The molecule has 0 unspecified atom stereocenters. The van der Waals surface area contributed by atoms with Crippen LogP contribution >= 0.6 is 0 Å². The predicted molar refractivity (Wildman–Crippen MR) is 118 cm³/mol. The highest BCUT2D eigenvalue weighted by molar-refractivity contribution is 5.81. The van der Waals surface area contributed by atoms with Gasteiger partial charge >= 0.3 is 5.97 Å². The van der Waals surface area contributed by atoms with Crippen LogP contribution in [0.4, 0.5) is 0 Å². The van der Waals surface area contributed by atoms with Gasteiger partial charge in [-0.3, -0.25) is 0 Å². The third-order valence-electron chi connectivity index (χ3n) is 7.23. The number of hydrogen-bond acceptors (Lipinski definition) is 4. The number of ether oxygens (including phenoxy) is 1. The lowest BCUT2D eigenvalue weighted by Gasteiger charge is -2.59. The highest BCUT2D eigenvalue weighted by Crippen LogP contribution is 2.55. The van der Waals surface area contributed by atoms with Gasteiger partial charge in [0.05, 0.1) is 7.11 Å². The molecule has 0 radical (unpaired) electrons. The number of methoxy groups -OCH3 is 1. The summed E-state index contributed by atoms with van der Waals surface area (Å²) in [5.41, 5.74) is 2.34. The summed E-state index contributed by atoms with van der Waals surface area (Å²) < 4.78 is 4.90. The Balaban J connectivity index is 1.73. The number of carbonyl (C=O) groups excluding carboxylic acids is 1. The van der Waals surface area contributed by atoms with E-state index in [0.29, 0.717) is 5.75 Å². The summed E-state index contributed by atoms with van der Waals surface area (Å²) in [6, 6.07) is 18.3. The second-order valence-electron chi connectivity index (χ2n) is 8.74. The number of rotatable bonds is 6. The second-order valence-corrected chi connectivity index (χ2v) is 8.74. The molecule has 1 saturated heterocycles.